The molecule has 2 N–H and O–H groups in total. The molecule has 1 aliphatic heterocycles. The fourth-order valence-corrected chi connectivity index (χ4v) is 5.06. The average molecular weight is 482 g/mol. The summed E-state index contributed by atoms with van der Waals surface area (Å²) in [6, 6.07) is 21.4. The van der Waals surface area contributed by atoms with Gasteiger partial charge in [-0.05, 0) is 60.7 Å². The van der Waals surface area contributed by atoms with Gasteiger partial charge in [-0.3, -0.25) is 9.89 Å². The van der Waals surface area contributed by atoms with Gasteiger partial charge in [0, 0.05) is 17.7 Å². The Kier molecular flexibility index (Phi) is 6.51. The maximum atomic E-state index is 13.5. The predicted octanol–water partition coefficient (Wildman–Crippen LogP) is 6.32. The van der Waals surface area contributed by atoms with Gasteiger partial charge in [-0.25, -0.2) is 0 Å². The Hall–Kier alpha value is -4.06. The van der Waals surface area contributed by atoms with E-state index in [2.05, 4.69) is 17.1 Å². The zero-order chi connectivity index (χ0) is 25.2. The normalized spacial score (nSPS) is 14.8. The van der Waals surface area contributed by atoms with Crippen molar-refractivity contribution in [2.75, 3.05) is 6.54 Å². The predicted molar refractivity (Wildman–Crippen MR) is 140 cm³/mol. The standard InChI is InChI=1S/C30H31N3O3/c1-4-5-14-33-29(22-12-9-13-23(17-22)36-18-21-10-7-6-8-11-21)26-27(31-32-28(26)30(33)35)25-20(3)15-19(2)16-24(25)34/h6-13,15-17,29,34H,4-5,14,18H2,1-3H3,(H,31,32). The third kappa shape index (κ3) is 4.35. The first-order chi connectivity index (χ1) is 17.5. The Morgan fingerprint density at radius 3 is 2.61 bits per heavy atom. The lowest BCUT2D eigenvalue weighted by Crippen LogP contribution is -2.30. The van der Waals surface area contributed by atoms with E-state index < -0.39 is 0 Å². The topological polar surface area (TPSA) is 78.5 Å². The molecule has 4 aromatic rings. The Labute approximate surface area is 211 Å². The lowest BCUT2D eigenvalue weighted by atomic mass is 9.93. The molecule has 184 valence electrons. The molecule has 0 spiro atoms. The number of nitrogens with zero attached hydrogens (tertiary/aromatic N) is 2. The van der Waals surface area contributed by atoms with Crippen LogP contribution >= 0.6 is 0 Å². The van der Waals surface area contributed by atoms with Gasteiger partial charge < -0.3 is 14.7 Å². The van der Waals surface area contributed by atoms with E-state index in [4.69, 9.17) is 4.74 Å². The van der Waals surface area contributed by atoms with Crippen LogP contribution in [0.3, 0.4) is 0 Å². The number of carbonyl (C=O) groups is 1. The molecule has 6 heteroatoms. The highest BCUT2D eigenvalue weighted by Crippen LogP contribution is 2.46. The number of hydrogen-bond acceptors (Lipinski definition) is 4. The van der Waals surface area contributed by atoms with Crippen LogP contribution < -0.4 is 4.74 Å². The molecule has 1 aliphatic rings. The van der Waals surface area contributed by atoms with Gasteiger partial charge in [0.1, 0.15) is 29.5 Å². The van der Waals surface area contributed by atoms with Gasteiger partial charge in [0.2, 0.25) is 0 Å². The molecule has 36 heavy (non-hydrogen) atoms. The van der Waals surface area contributed by atoms with Gasteiger partial charge in [0.15, 0.2) is 0 Å². The number of benzene rings is 3. The van der Waals surface area contributed by atoms with Crippen molar-refractivity contribution in [1.29, 1.82) is 0 Å². The summed E-state index contributed by atoms with van der Waals surface area (Å²) in [5.41, 5.74) is 6.50. The highest BCUT2D eigenvalue weighted by atomic mass is 16.5. The summed E-state index contributed by atoms with van der Waals surface area (Å²) in [7, 11) is 0. The van der Waals surface area contributed by atoms with Crippen molar-refractivity contribution in [1.82, 2.24) is 15.1 Å². The lowest BCUT2D eigenvalue weighted by molar-refractivity contribution is 0.0741. The summed E-state index contributed by atoms with van der Waals surface area (Å²) in [6.07, 6.45) is 1.88. The van der Waals surface area contributed by atoms with Gasteiger partial charge in [0.25, 0.3) is 5.91 Å². The molecule has 1 aromatic heterocycles. The van der Waals surface area contributed by atoms with Crippen molar-refractivity contribution in [2.45, 2.75) is 46.3 Å². The Morgan fingerprint density at radius 2 is 1.86 bits per heavy atom. The number of phenols is 1. The largest absolute Gasteiger partial charge is 0.507 e. The number of rotatable bonds is 8. The van der Waals surface area contributed by atoms with Crippen molar-refractivity contribution in [2.24, 2.45) is 0 Å². The number of fused-ring (bicyclic) bond motifs is 1. The molecule has 0 saturated heterocycles. The van der Waals surface area contributed by atoms with E-state index in [0.717, 1.165) is 46.4 Å². The van der Waals surface area contributed by atoms with Crippen molar-refractivity contribution in [3.05, 3.63) is 100 Å². The highest BCUT2D eigenvalue weighted by molar-refractivity contribution is 6.00. The fourth-order valence-electron chi connectivity index (χ4n) is 5.06. The first-order valence-corrected chi connectivity index (χ1v) is 12.4. The third-order valence-corrected chi connectivity index (χ3v) is 6.73. The summed E-state index contributed by atoms with van der Waals surface area (Å²) < 4.78 is 6.10. The summed E-state index contributed by atoms with van der Waals surface area (Å²) in [5.74, 6) is 0.842. The molecule has 6 nitrogen and oxygen atoms in total. The summed E-state index contributed by atoms with van der Waals surface area (Å²) in [6.45, 7) is 7.13. The van der Waals surface area contributed by atoms with Gasteiger partial charge >= 0.3 is 0 Å². The van der Waals surface area contributed by atoms with Crippen molar-refractivity contribution < 1.29 is 14.6 Å². The van der Waals surface area contributed by atoms with Crippen LogP contribution in [0.15, 0.2) is 66.7 Å². The van der Waals surface area contributed by atoms with Crippen LogP contribution in [0.4, 0.5) is 0 Å². The van der Waals surface area contributed by atoms with Crippen molar-refractivity contribution in [3.8, 4) is 22.8 Å². The first kappa shape index (κ1) is 23.7. The Morgan fingerprint density at radius 1 is 1.06 bits per heavy atom. The van der Waals surface area contributed by atoms with E-state index in [9.17, 15) is 9.90 Å². The van der Waals surface area contributed by atoms with Crippen LogP contribution in [-0.2, 0) is 6.61 Å². The van der Waals surface area contributed by atoms with Crippen LogP contribution in [0.25, 0.3) is 11.3 Å². The SMILES string of the molecule is CCCCN1C(=O)c2[nH]nc(-c3c(C)cc(C)cc3O)c2C1c1cccc(OCc2ccccc2)c1. The minimum Gasteiger partial charge on any atom is -0.507 e. The quantitative estimate of drug-likeness (QED) is 0.309. The summed E-state index contributed by atoms with van der Waals surface area (Å²) in [4.78, 5) is 15.4. The molecular formula is C30H31N3O3. The number of aromatic hydroxyl groups is 1. The average Bonchev–Trinajstić information content (AvgIpc) is 3.40. The minimum absolute atomic E-state index is 0.0675. The van der Waals surface area contributed by atoms with Crippen molar-refractivity contribution >= 4 is 5.91 Å². The summed E-state index contributed by atoms with van der Waals surface area (Å²) in [5, 5.41) is 18.4. The molecule has 0 aliphatic carbocycles. The number of nitrogens with one attached hydrogen (secondary N) is 1. The maximum absolute atomic E-state index is 13.5. The number of aryl methyl sites for hydroxylation is 2. The van der Waals surface area contributed by atoms with E-state index >= 15 is 0 Å². The van der Waals surface area contributed by atoms with Crippen LogP contribution in [0, 0.1) is 13.8 Å². The zero-order valence-corrected chi connectivity index (χ0v) is 20.9. The zero-order valence-electron chi connectivity index (χ0n) is 20.9. The molecule has 0 fully saturated rings. The molecule has 1 amide bonds. The molecule has 3 aromatic carbocycles. The highest BCUT2D eigenvalue weighted by Gasteiger charge is 2.42. The minimum atomic E-state index is -0.326. The number of carbonyl (C=O) groups excluding carboxylic acids is 1. The first-order valence-electron chi connectivity index (χ1n) is 12.4. The molecule has 0 radical (unpaired) electrons. The molecule has 5 rings (SSSR count). The van der Waals surface area contributed by atoms with Crippen molar-refractivity contribution in [3.63, 3.8) is 0 Å². The number of phenolic OH excluding ortho intramolecular Hbond substituents is 1. The Bertz CT molecular complexity index is 1370. The summed E-state index contributed by atoms with van der Waals surface area (Å²) >= 11 is 0. The van der Waals surface area contributed by atoms with E-state index in [-0.39, 0.29) is 17.7 Å². The number of aromatic nitrogens is 2. The monoisotopic (exact) mass is 481 g/mol. The maximum Gasteiger partial charge on any atom is 0.273 e. The van der Waals surface area contributed by atoms with Crippen LogP contribution in [0.1, 0.15) is 64.1 Å². The number of hydrogen-bond donors (Lipinski definition) is 2. The number of ether oxygens (including phenoxy) is 1. The number of H-pyrrole nitrogens is 1. The second-order valence-corrected chi connectivity index (χ2v) is 9.44. The third-order valence-electron chi connectivity index (χ3n) is 6.73. The molecule has 0 saturated carbocycles. The number of aromatic amines is 1. The second-order valence-electron chi connectivity index (χ2n) is 9.44. The van der Waals surface area contributed by atoms with Crippen LogP contribution in [0.5, 0.6) is 11.5 Å². The van der Waals surface area contributed by atoms with Crippen LogP contribution in [0.2, 0.25) is 0 Å². The molecule has 1 unspecified atom stereocenters. The Balaban J connectivity index is 1.57. The van der Waals surface area contributed by atoms with E-state index in [1.165, 1.54) is 0 Å². The van der Waals surface area contributed by atoms with E-state index in [1.807, 2.05) is 79.4 Å². The lowest BCUT2D eigenvalue weighted by Gasteiger charge is -2.27. The molecule has 0 bridgehead atoms. The molecule has 1 atom stereocenters. The van der Waals surface area contributed by atoms with Gasteiger partial charge in [-0.1, -0.05) is 61.9 Å². The molecule has 2 heterocycles. The number of unbranched alkanes of at least 4 members (excludes halogenated alkanes) is 1. The van der Waals surface area contributed by atoms with Gasteiger partial charge in [-0.15, -0.1) is 0 Å². The van der Waals surface area contributed by atoms with Gasteiger partial charge in [0.05, 0.1) is 6.04 Å². The molecular weight excluding hydrogens is 450 g/mol. The van der Waals surface area contributed by atoms with E-state index in [0.29, 0.717) is 30.1 Å². The number of amides is 1. The fraction of sp³-hybridized carbons (Fsp3) is 0.267. The second kappa shape index (κ2) is 9.90. The van der Waals surface area contributed by atoms with E-state index in [1.54, 1.807) is 6.07 Å². The smallest absolute Gasteiger partial charge is 0.273 e. The van der Waals surface area contributed by atoms with Crippen LogP contribution in [-0.4, -0.2) is 32.7 Å². The van der Waals surface area contributed by atoms with Gasteiger partial charge in [-0.2, -0.15) is 5.10 Å².